The number of nitrogens with zero attached hydrogens (tertiary/aromatic N) is 3. The average molecular weight is 523 g/mol. The van der Waals surface area contributed by atoms with Gasteiger partial charge in [0.1, 0.15) is 5.60 Å². The second-order valence-corrected chi connectivity index (χ2v) is 12.3. The zero-order valence-corrected chi connectivity index (χ0v) is 23.0. The number of amides is 1. The number of ether oxygens (including phenoxy) is 3. The van der Waals surface area contributed by atoms with Crippen LogP contribution in [0.5, 0.6) is 11.5 Å². The van der Waals surface area contributed by atoms with Crippen LogP contribution in [0.15, 0.2) is 24.4 Å². The standard InChI is InChI=1S/C25H38N4O6S/c1-24(2,3)35-23(30)29(36(26,31)32)16-25(4,5)17-9-12-28(13-10-17)20-8-11-27-19-15-22(34-7)21(33-6)14-18(19)20/h8,11,14-15,17H,9-10,12-13,16H2,1-7H3,(H2,26,31,32). The molecule has 1 saturated heterocycles. The first-order valence-corrected chi connectivity index (χ1v) is 13.5. The molecular formula is C25H38N4O6S. The second kappa shape index (κ2) is 10.3. The van der Waals surface area contributed by atoms with Crippen LogP contribution in [-0.4, -0.2) is 63.3 Å². The minimum absolute atomic E-state index is 0.0550. The Hall–Kier alpha value is -2.79. The molecule has 2 aromatic rings. The highest BCUT2D eigenvalue weighted by molar-refractivity contribution is 7.87. The van der Waals surface area contributed by atoms with E-state index in [0.29, 0.717) is 15.8 Å². The summed E-state index contributed by atoms with van der Waals surface area (Å²) < 4.78 is 41.4. The zero-order chi connectivity index (χ0) is 26.9. The van der Waals surface area contributed by atoms with E-state index >= 15 is 0 Å². The number of methoxy groups -OCH3 is 2. The molecule has 0 bridgehead atoms. The maximum Gasteiger partial charge on any atom is 0.425 e. The lowest BCUT2D eigenvalue weighted by Gasteiger charge is -2.43. The van der Waals surface area contributed by atoms with Crippen molar-refractivity contribution in [2.45, 2.75) is 53.1 Å². The number of benzene rings is 1. The topological polar surface area (TPSA) is 124 Å². The van der Waals surface area contributed by atoms with Crippen LogP contribution >= 0.6 is 0 Å². The first-order valence-electron chi connectivity index (χ1n) is 12.0. The highest BCUT2D eigenvalue weighted by Crippen LogP contribution is 2.40. The van der Waals surface area contributed by atoms with E-state index < -0.39 is 27.3 Å². The third-order valence-electron chi connectivity index (χ3n) is 6.62. The smallest absolute Gasteiger partial charge is 0.425 e. The van der Waals surface area contributed by atoms with E-state index in [2.05, 4.69) is 9.88 Å². The molecule has 0 unspecified atom stereocenters. The summed E-state index contributed by atoms with van der Waals surface area (Å²) in [5.41, 5.74) is 0.521. The van der Waals surface area contributed by atoms with Crippen molar-refractivity contribution in [3.05, 3.63) is 24.4 Å². The van der Waals surface area contributed by atoms with Gasteiger partial charge in [-0.1, -0.05) is 13.8 Å². The minimum atomic E-state index is -4.28. The number of aromatic nitrogens is 1. The molecule has 1 aromatic heterocycles. The maximum absolute atomic E-state index is 12.6. The van der Waals surface area contributed by atoms with Crippen LogP contribution in [0.4, 0.5) is 10.5 Å². The molecule has 11 heteroatoms. The van der Waals surface area contributed by atoms with Gasteiger partial charge in [-0.2, -0.15) is 12.7 Å². The molecule has 1 aliphatic rings. The number of rotatable bonds is 7. The Morgan fingerprint density at radius 3 is 2.22 bits per heavy atom. The molecule has 0 radical (unpaired) electrons. The highest BCUT2D eigenvalue weighted by Gasteiger charge is 2.39. The Bertz CT molecular complexity index is 1200. The van der Waals surface area contributed by atoms with Gasteiger partial charge in [-0.05, 0) is 57.1 Å². The summed E-state index contributed by atoms with van der Waals surface area (Å²) in [5.74, 6) is 1.43. The third kappa shape index (κ3) is 6.31. The van der Waals surface area contributed by atoms with Crippen LogP contribution < -0.4 is 19.5 Å². The quantitative estimate of drug-likeness (QED) is 0.580. The van der Waals surface area contributed by atoms with E-state index in [-0.39, 0.29) is 12.5 Å². The Balaban J connectivity index is 1.78. The summed E-state index contributed by atoms with van der Waals surface area (Å²) in [6.45, 7) is 10.5. The third-order valence-corrected chi connectivity index (χ3v) is 7.51. The van der Waals surface area contributed by atoms with Crippen LogP contribution in [0.2, 0.25) is 0 Å². The van der Waals surface area contributed by atoms with Gasteiger partial charge in [0.15, 0.2) is 11.5 Å². The van der Waals surface area contributed by atoms with E-state index in [4.69, 9.17) is 19.3 Å². The van der Waals surface area contributed by atoms with Crippen LogP contribution in [0.1, 0.15) is 47.5 Å². The number of anilines is 1. The molecule has 0 spiro atoms. The Morgan fingerprint density at radius 2 is 1.69 bits per heavy atom. The van der Waals surface area contributed by atoms with Gasteiger partial charge >= 0.3 is 16.3 Å². The van der Waals surface area contributed by atoms with Gasteiger partial charge in [0.25, 0.3) is 0 Å². The molecular weight excluding hydrogens is 484 g/mol. The predicted molar refractivity (Wildman–Crippen MR) is 140 cm³/mol. The number of hydrogen-bond donors (Lipinski definition) is 1. The average Bonchev–Trinajstić information content (AvgIpc) is 2.79. The molecule has 1 amide bonds. The first-order chi connectivity index (χ1) is 16.7. The number of carbonyl (C=O) groups is 1. The second-order valence-electron chi connectivity index (χ2n) is 10.8. The summed E-state index contributed by atoms with van der Waals surface area (Å²) in [6.07, 6.45) is 2.46. The molecule has 2 heterocycles. The molecule has 1 aromatic carbocycles. The van der Waals surface area contributed by atoms with Gasteiger partial charge in [-0.15, -0.1) is 0 Å². The van der Waals surface area contributed by atoms with Gasteiger partial charge in [-0.25, -0.2) is 9.93 Å². The van der Waals surface area contributed by atoms with Crippen LogP contribution in [-0.2, 0) is 14.9 Å². The predicted octanol–water partition coefficient (Wildman–Crippen LogP) is 3.94. The normalized spacial score (nSPS) is 15.6. The fourth-order valence-corrected chi connectivity index (χ4v) is 5.46. The summed E-state index contributed by atoms with van der Waals surface area (Å²) in [6, 6.07) is 5.80. The Kier molecular flexibility index (Phi) is 7.95. The van der Waals surface area contributed by atoms with E-state index in [1.807, 2.05) is 32.0 Å². The minimum Gasteiger partial charge on any atom is -0.493 e. The SMILES string of the molecule is COc1cc2nccc(N3CCC(C(C)(C)CN(C(=O)OC(C)(C)C)S(N)(=O)=O)CC3)c2cc1OC. The van der Waals surface area contributed by atoms with E-state index in [9.17, 15) is 13.2 Å². The lowest BCUT2D eigenvalue weighted by molar-refractivity contribution is 0.0300. The number of hydrogen-bond acceptors (Lipinski definition) is 8. The lowest BCUT2D eigenvalue weighted by atomic mass is 9.73. The van der Waals surface area contributed by atoms with Crippen molar-refractivity contribution in [3.8, 4) is 11.5 Å². The zero-order valence-electron chi connectivity index (χ0n) is 22.2. The number of piperidine rings is 1. The molecule has 200 valence electrons. The van der Waals surface area contributed by atoms with Gasteiger partial charge in [0.2, 0.25) is 0 Å². The van der Waals surface area contributed by atoms with Crippen molar-refractivity contribution in [1.82, 2.24) is 9.29 Å². The number of pyridine rings is 1. The van der Waals surface area contributed by atoms with Crippen molar-refractivity contribution in [2.75, 3.05) is 38.8 Å². The van der Waals surface area contributed by atoms with Crippen molar-refractivity contribution < 1.29 is 27.4 Å². The molecule has 0 saturated carbocycles. The summed E-state index contributed by atoms with van der Waals surface area (Å²) in [5, 5.41) is 6.37. The molecule has 0 aliphatic carbocycles. The summed E-state index contributed by atoms with van der Waals surface area (Å²) >= 11 is 0. The Morgan fingerprint density at radius 1 is 1.11 bits per heavy atom. The van der Waals surface area contributed by atoms with Crippen molar-refractivity contribution in [1.29, 1.82) is 0 Å². The largest absolute Gasteiger partial charge is 0.493 e. The fraction of sp³-hybridized carbons (Fsp3) is 0.600. The van der Waals surface area contributed by atoms with Gasteiger partial charge in [-0.3, -0.25) is 4.98 Å². The van der Waals surface area contributed by atoms with Gasteiger partial charge in [0, 0.05) is 43.0 Å². The molecule has 1 fully saturated rings. The monoisotopic (exact) mass is 522 g/mol. The molecule has 36 heavy (non-hydrogen) atoms. The molecule has 3 rings (SSSR count). The van der Waals surface area contributed by atoms with Crippen molar-refractivity contribution in [3.63, 3.8) is 0 Å². The van der Waals surface area contributed by atoms with E-state index in [1.165, 1.54) is 0 Å². The van der Waals surface area contributed by atoms with Gasteiger partial charge in [0.05, 0.1) is 19.7 Å². The van der Waals surface area contributed by atoms with Crippen LogP contribution in [0, 0.1) is 11.3 Å². The number of fused-ring (bicyclic) bond motifs is 1. The molecule has 2 N–H and O–H groups in total. The fourth-order valence-electron chi connectivity index (χ4n) is 4.71. The van der Waals surface area contributed by atoms with Crippen molar-refractivity contribution >= 4 is 32.9 Å². The van der Waals surface area contributed by atoms with E-state index in [0.717, 1.165) is 42.5 Å². The van der Waals surface area contributed by atoms with Crippen LogP contribution in [0.3, 0.4) is 0 Å². The number of nitrogens with two attached hydrogens (primary N) is 1. The lowest BCUT2D eigenvalue weighted by Crippen LogP contribution is -2.51. The van der Waals surface area contributed by atoms with E-state index in [1.54, 1.807) is 41.2 Å². The molecule has 0 atom stereocenters. The summed E-state index contributed by atoms with van der Waals surface area (Å²) in [7, 11) is -1.08. The highest BCUT2D eigenvalue weighted by atomic mass is 32.2. The summed E-state index contributed by atoms with van der Waals surface area (Å²) in [4.78, 5) is 19.4. The molecule has 10 nitrogen and oxygen atoms in total. The van der Waals surface area contributed by atoms with Gasteiger partial charge < -0.3 is 19.1 Å². The maximum atomic E-state index is 12.6. The number of carbonyl (C=O) groups excluding carboxylic acids is 1. The molecule has 1 aliphatic heterocycles. The van der Waals surface area contributed by atoms with Crippen LogP contribution in [0.25, 0.3) is 10.9 Å². The first kappa shape index (κ1) is 27.8. The van der Waals surface area contributed by atoms with Crippen molar-refractivity contribution in [2.24, 2.45) is 16.5 Å². The Labute approximate surface area is 213 Å².